The van der Waals surface area contributed by atoms with Crippen molar-refractivity contribution in [1.29, 1.82) is 0 Å². The summed E-state index contributed by atoms with van der Waals surface area (Å²) in [5, 5.41) is 9.03. The summed E-state index contributed by atoms with van der Waals surface area (Å²) in [5.74, 6) is 1.42. The predicted molar refractivity (Wildman–Crippen MR) is 101 cm³/mol. The van der Waals surface area contributed by atoms with E-state index in [0.29, 0.717) is 0 Å². The normalized spacial score (nSPS) is 10.3. The Kier molecular flexibility index (Phi) is 5.81. The summed E-state index contributed by atoms with van der Waals surface area (Å²) in [6.07, 6.45) is 0.0157. The monoisotopic (exact) mass is 366 g/mol. The van der Waals surface area contributed by atoms with Gasteiger partial charge in [-0.25, -0.2) is 0 Å². The maximum Gasteiger partial charge on any atom is 0.307 e. The number of hydrogen-bond acceptors (Lipinski definition) is 4. The molecule has 3 aromatic carbocycles. The van der Waals surface area contributed by atoms with Gasteiger partial charge in [0.1, 0.15) is 17.2 Å². The molecule has 1 N–H and O–H groups in total. The maximum atomic E-state index is 11.0. The SMILES string of the molecule is COc1ccc(Oc2ccc(Sc3ccccc3CC(=O)O)cc2)cc1. The molecule has 0 atom stereocenters. The molecule has 0 saturated carbocycles. The van der Waals surface area contributed by atoms with Crippen LogP contribution in [0.25, 0.3) is 0 Å². The van der Waals surface area contributed by atoms with Crippen LogP contribution in [-0.2, 0) is 11.2 Å². The number of methoxy groups -OCH3 is 1. The second kappa shape index (κ2) is 8.45. The number of carbonyl (C=O) groups is 1. The molecule has 0 spiro atoms. The minimum absolute atomic E-state index is 0.0157. The number of rotatable bonds is 7. The van der Waals surface area contributed by atoms with Crippen LogP contribution in [-0.4, -0.2) is 18.2 Å². The molecule has 0 aliphatic heterocycles. The van der Waals surface area contributed by atoms with E-state index in [4.69, 9.17) is 14.6 Å². The van der Waals surface area contributed by atoms with Gasteiger partial charge in [0.15, 0.2) is 0 Å². The molecular weight excluding hydrogens is 348 g/mol. The van der Waals surface area contributed by atoms with Gasteiger partial charge in [-0.1, -0.05) is 30.0 Å². The van der Waals surface area contributed by atoms with Gasteiger partial charge in [0, 0.05) is 9.79 Å². The Hall–Kier alpha value is -2.92. The summed E-state index contributed by atoms with van der Waals surface area (Å²) in [6.45, 7) is 0. The van der Waals surface area contributed by atoms with Crippen LogP contribution in [0, 0.1) is 0 Å². The molecule has 3 aromatic rings. The van der Waals surface area contributed by atoms with Gasteiger partial charge in [-0.15, -0.1) is 0 Å². The van der Waals surface area contributed by atoms with Crippen molar-refractivity contribution in [3.63, 3.8) is 0 Å². The zero-order valence-corrected chi connectivity index (χ0v) is 15.0. The van der Waals surface area contributed by atoms with Crippen LogP contribution in [0.4, 0.5) is 0 Å². The van der Waals surface area contributed by atoms with Gasteiger partial charge in [0.05, 0.1) is 13.5 Å². The van der Waals surface area contributed by atoms with Crippen molar-refractivity contribution in [2.24, 2.45) is 0 Å². The summed E-state index contributed by atoms with van der Waals surface area (Å²) >= 11 is 1.54. The Balaban J connectivity index is 1.69. The lowest BCUT2D eigenvalue weighted by atomic mass is 10.1. The van der Waals surface area contributed by atoms with Crippen LogP contribution in [0.15, 0.2) is 82.6 Å². The molecule has 0 aromatic heterocycles. The van der Waals surface area contributed by atoms with E-state index < -0.39 is 5.97 Å². The molecule has 0 aliphatic rings. The molecular formula is C21H18O4S. The number of carboxylic acid groups (broad SMARTS) is 1. The molecule has 26 heavy (non-hydrogen) atoms. The highest BCUT2D eigenvalue weighted by Crippen LogP contribution is 2.32. The minimum atomic E-state index is -0.832. The molecule has 0 fully saturated rings. The summed E-state index contributed by atoms with van der Waals surface area (Å²) < 4.78 is 10.9. The van der Waals surface area contributed by atoms with Gasteiger partial charge >= 0.3 is 5.97 Å². The fourth-order valence-electron chi connectivity index (χ4n) is 2.39. The minimum Gasteiger partial charge on any atom is -0.497 e. The van der Waals surface area contributed by atoms with Gasteiger partial charge in [-0.2, -0.15) is 0 Å². The molecule has 0 unspecified atom stereocenters. The third-order valence-electron chi connectivity index (χ3n) is 3.66. The largest absolute Gasteiger partial charge is 0.497 e. The van der Waals surface area contributed by atoms with Crippen molar-refractivity contribution in [1.82, 2.24) is 0 Å². The Morgan fingerprint density at radius 2 is 1.46 bits per heavy atom. The van der Waals surface area contributed by atoms with Crippen molar-refractivity contribution in [3.05, 3.63) is 78.4 Å². The van der Waals surface area contributed by atoms with Crippen LogP contribution in [0.5, 0.6) is 17.2 Å². The first-order valence-corrected chi connectivity index (χ1v) is 8.85. The molecule has 0 bridgehead atoms. The summed E-state index contributed by atoms with van der Waals surface area (Å²) in [4.78, 5) is 13.0. The molecule has 5 heteroatoms. The van der Waals surface area contributed by atoms with Crippen molar-refractivity contribution in [3.8, 4) is 17.2 Å². The Morgan fingerprint density at radius 1 is 0.885 bits per heavy atom. The summed E-state index contributed by atoms with van der Waals surface area (Å²) in [5.41, 5.74) is 0.809. The van der Waals surface area contributed by atoms with Crippen LogP contribution >= 0.6 is 11.8 Å². The van der Waals surface area contributed by atoms with Gasteiger partial charge in [-0.3, -0.25) is 4.79 Å². The average molecular weight is 366 g/mol. The topological polar surface area (TPSA) is 55.8 Å². The standard InChI is InChI=1S/C21H18O4S/c1-24-16-6-8-17(9-7-16)25-18-10-12-19(13-11-18)26-20-5-3-2-4-15(20)14-21(22)23/h2-13H,14H2,1H3,(H,22,23). The smallest absolute Gasteiger partial charge is 0.307 e. The zero-order chi connectivity index (χ0) is 18.4. The molecule has 0 heterocycles. The Morgan fingerprint density at radius 3 is 2.08 bits per heavy atom. The van der Waals surface area contributed by atoms with Gasteiger partial charge in [0.2, 0.25) is 0 Å². The van der Waals surface area contributed by atoms with Gasteiger partial charge in [0.25, 0.3) is 0 Å². The van der Waals surface area contributed by atoms with E-state index >= 15 is 0 Å². The fourth-order valence-corrected chi connectivity index (χ4v) is 3.34. The van der Waals surface area contributed by atoms with Gasteiger partial charge in [-0.05, 0) is 60.2 Å². The van der Waals surface area contributed by atoms with E-state index in [1.165, 1.54) is 0 Å². The first-order chi connectivity index (χ1) is 12.6. The summed E-state index contributed by atoms with van der Waals surface area (Å²) in [6, 6.07) is 22.7. The van der Waals surface area contributed by atoms with E-state index in [1.54, 1.807) is 18.9 Å². The van der Waals surface area contributed by atoms with E-state index in [-0.39, 0.29) is 6.42 Å². The molecule has 4 nitrogen and oxygen atoms in total. The lowest BCUT2D eigenvalue weighted by Crippen LogP contribution is -2.01. The van der Waals surface area contributed by atoms with Crippen molar-refractivity contribution in [2.75, 3.05) is 7.11 Å². The van der Waals surface area contributed by atoms with Crippen molar-refractivity contribution in [2.45, 2.75) is 16.2 Å². The summed E-state index contributed by atoms with van der Waals surface area (Å²) in [7, 11) is 1.63. The van der Waals surface area contributed by atoms with Crippen molar-refractivity contribution < 1.29 is 19.4 Å². The second-order valence-corrected chi connectivity index (χ2v) is 6.64. The fraction of sp³-hybridized carbons (Fsp3) is 0.0952. The van der Waals surface area contributed by atoms with E-state index in [9.17, 15) is 4.79 Å². The Labute approximate surface area is 156 Å². The first-order valence-electron chi connectivity index (χ1n) is 8.03. The van der Waals surface area contributed by atoms with Gasteiger partial charge < -0.3 is 14.6 Å². The highest BCUT2D eigenvalue weighted by molar-refractivity contribution is 7.99. The molecule has 132 valence electrons. The van der Waals surface area contributed by atoms with E-state index in [2.05, 4.69) is 0 Å². The molecule has 0 radical (unpaired) electrons. The third kappa shape index (κ3) is 4.80. The quantitative estimate of drug-likeness (QED) is 0.618. The first kappa shape index (κ1) is 17.9. The predicted octanol–water partition coefficient (Wildman–Crippen LogP) is 5.27. The highest BCUT2D eigenvalue weighted by atomic mass is 32.2. The van der Waals surface area contributed by atoms with Crippen molar-refractivity contribution >= 4 is 17.7 Å². The van der Waals surface area contributed by atoms with Crippen LogP contribution in [0.1, 0.15) is 5.56 Å². The molecule has 3 rings (SSSR count). The number of benzene rings is 3. The van der Waals surface area contributed by atoms with Crippen LogP contribution < -0.4 is 9.47 Å². The Bertz CT molecular complexity index is 873. The lowest BCUT2D eigenvalue weighted by molar-refractivity contribution is -0.136. The number of ether oxygens (including phenoxy) is 2. The van der Waals surface area contributed by atoms with Crippen LogP contribution in [0.3, 0.4) is 0 Å². The van der Waals surface area contributed by atoms with E-state index in [1.807, 2.05) is 72.8 Å². The third-order valence-corrected chi connectivity index (χ3v) is 4.79. The highest BCUT2D eigenvalue weighted by Gasteiger charge is 2.08. The number of hydrogen-bond donors (Lipinski definition) is 1. The zero-order valence-electron chi connectivity index (χ0n) is 14.2. The maximum absolute atomic E-state index is 11.0. The molecule has 0 aliphatic carbocycles. The number of carboxylic acids is 1. The second-order valence-electron chi connectivity index (χ2n) is 5.53. The van der Waals surface area contributed by atoms with Crippen LogP contribution in [0.2, 0.25) is 0 Å². The molecule has 0 saturated heterocycles. The van der Waals surface area contributed by atoms with E-state index in [0.717, 1.165) is 32.6 Å². The number of aliphatic carboxylic acids is 1. The average Bonchev–Trinajstić information content (AvgIpc) is 2.65. The molecule has 0 amide bonds. The lowest BCUT2D eigenvalue weighted by Gasteiger charge is -2.09.